The minimum absolute atomic E-state index is 0.0238. The maximum absolute atomic E-state index is 14.5. The van der Waals surface area contributed by atoms with Crippen LogP contribution in [0.2, 0.25) is 0 Å². The number of halogens is 1. The fourth-order valence-electron chi connectivity index (χ4n) is 3.89. The molecule has 0 aliphatic carbocycles. The highest BCUT2D eigenvalue weighted by molar-refractivity contribution is 7.89. The molecule has 3 N–H and O–H groups in total. The third kappa shape index (κ3) is 5.37. The van der Waals surface area contributed by atoms with Crippen molar-refractivity contribution in [1.29, 1.82) is 0 Å². The van der Waals surface area contributed by atoms with E-state index < -0.39 is 38.6 Å². The molecule has 2 fully saturated rings. The van der Waals surface area contributed by atoms with Crippen LogP contribution in [0.1, 0.15) is 25.7 Å². The zero-order valence-electron chi connectivity index (χ0n) is 18.0. The molecule has 0 bridgehead atoms. The standard InChI is InChI=1S/C20H29FN4O6S/c1-30-19-16(25-8-9-31-13-18(25)26)10-14(21)11-17(19)32(28,29)23-15(12-22)20(27)24-6-4-2-3-5-7-24/h10-11,15,23H,2-9,12-13,22H2,1H3/t15-/m0/s1. The summed E-state index contributed by atoms with van der Waals surface area (Å²) in [4.78, 5) is 27.5. The fraction of sp³-hybridized carbons (Fsp3) is 0.600. The van der Waals surface area contributed by atoms with E-state index in [0.29, 0.717) is 13.1 Å². The Balaban J connectivity index is 1.92. The average molecular weight is 473 g/mol. The number of nitrogens with one attached hydrogen (secondary N) is 1. The molecule has 0 radical (unpaired) electrons. The maximum atomic E-state index is 14.5. The Hall–Kier alpha value is -2.28. The van der Waals surface area contributed by atoms with Crippen LogP contribution in [0.15, 0.2) is 17.0 Å². The smallest absolute Gasteiger partial charge is 0.253 e. The van der Waals surface area contributed by atoms with Crippen molar-refractivity contribution in [3.05, 3.63) is 17.9 Å². The summed E-state index contributed by atoms with van der Waals surface area (Å²) in [5.74, 6) is -1.94. The van der Waals surface area contributed by atoms with Gasteiger partial charge in [-0.2, -0.15) is 4.72 Å². The average Bonchev–Trinajstić information content (AvgIpc) is 3.06. The number of carbonyl (C=O) groups excluding carboxylic acids is 2. The molecule has 12 heteroatoms. The van der Waals surface area contributed by atoms with Crippen molar-refractivity contribution in [3.63, 3.8) is 0 Å². The second-order valence-electron chi connectivity index (χ2n) is 7.70. The number of sulfonamides is 1. The molecule has 2 aliphatic rings. The van der Waals surface area contributed by atoms with E-state index in [2.05, 4.69) is 4.72 Å². The summed E-state index contributed by atoms with van der Waals surface area (Å²) < 4.78 is 53.5. The Bertz CT molecular complexity index is 950. The minimum atomic E-state index is -4.42. The Labute approximate surface area is 186 Å². The van der Waals surface area contributed by atoms with Gasteiger partial charge in [0.2, 0.25) is 15.9 Å². The lowest BCUT2D eigenvalue weighted by Gasteiger charge is -2.29. The van der Waals surface area contributed by atoms with E-state index in [1.54, 1.807) is 4.90 Å². The Morgan fingerprint density at radius 1 is 1.25 bits per heavy atom. The summed E-state index contributed by atoms with van der Waals surface area (Å²) in [5.41, 5.74) is 5.70. The number of rotatable bonds is 7. The zero-order chi connectivity index (χ0) is 23.3. The molecule has 2 saturated heterocycles. The van der Waals surface area contributed by atoms with Crippen molar-refractivity contribution in [1.82, 2.24) is 9.62 Å². The summed E-state index contributed by atoms with van der Waals surface area (Å²) in [7, 11) is -3.19. The van der Waals surface area contributed by atoms with Crippen molar-refractivity contribution in [2.45, 2.75) is 36.6 Å². The van der Waals surface area contributed by atoms with E-state index in [0.717, 1.165) is 37.8 Å². The highest BCUT2D eigenvalue weighted by Crippen LogP contribution is 2.36. The van der Waals surface area contributed by atoms with Crippen LogP contribution in [0, 0.1) is 5.82 Å². The quantitative estimate of drug-likeness (QED) is 0.580. The van der Waals surface area contributed by atoms with E-state index in [1.165, 1.54) is 12.0 Å². The number of ether oxygens (including phenoxy) is 2. The number of amides is 2. The summed E-state index contributed by atoms with van der Waals surface area (Å²) in [6.07, 6.45) is 3.69. The van der Waals surface area contributed by atoms with E-state index in [4.69, 9.17) is 15.2 Å². The van der Waals surface area contributed by atoms with Crippen LogP contribution < -0.4 is 20.1 Å². The monoisotopic (exact) mass is 472 g/mol. The molecule has 0 aromatic heterocycles. The first-order chi connectivity index (χ1) is 15.3. The van der Waals surface area contributed by atoms with Gasteiger partial charge in [0.1, 0.15) is 23.4 Å². The second-order valence-corrected chi connectivity index (χ2v) is 9.39. The third-order valence-corrected chi connectivity index (χ3v) is 7.00. The number of hydrogen-bond acceptors (Lipinski definition) is 7. The van der Waals surface area contributed by atoms with Gasteiger partial charge >= 0.3 is 0 Å². The lowest BCUT2D eigenvalue weighted by Crippen LogP contribution is -2.52. The summed E-state index contributed by atoms with van der Waals surface area (Å²) >= 11 is 0. The van der Waals surface area contributed by atoms with Crippen molar-refractivity contribution >= 4 is 27.5 Å². The van der Waals surface area contributed by atoms with Crippen LogP contribution in [0.5, 0.6) is 5.75 Å². The normalized spacial score (nSPS) is 18.9. The predicted octanol–water partition coefficient (Wildman–Crippen LogP) is 0.206. The van der Waals surface area contributed by atoms with E-state index in [-0.39, 0.29) is 37.7 Å². The molecule has 0 spiro atoms. The molecule has 2 amide bonds. The van der Waals surface area contributed by atoms with Crippen LogP contribution in [0.3, 0.4) is 0 Å². The maximum Gasteiger partial charge on any atom is 0.253 e. The van der Waals surface area contributed by atoms with Gasteiger partial charge in [-0.05, 0) is 18.9 Å². The van der Waals surface area contributed by atoms with Gasteiger partial charge in [-0.1, -0.05) is 12.8 Å². The van der Waals surface area contributed by atoms with Gasteiger partial charge < -0.3 is 25.0 Å². The van der Waals surface area contributed by atoms with Crippen LogP contribution >= 0.6 is 0 Å². The number of hydrogen-bond donors (Lipinski definition) is 2. The molecule has 1 aromatic rings. The molecule has 10 nitrogen and oxygen atoms in total. The molecule has 32 heavy (non-hydrogen) atoms. The second kappa shape index (κ2) is 10.6. The molecule has 2 aliphatic heterocycles. The highest BCUT2D eigenvalue weighted by Gasteiger charge is 2.33. The molecule has 0 unspecified atom stereocenters. The Morgan fingerprint density at radius 3 is 2.53 bits per heavy atom. The van der Waals surface area contributed by atoms with E-state index in [1.807, 2.05) is 0 Å². The first kappa shape index (κ1) is 24.4. The largest absolute Gasteiger partial charge is 0.493 e. The van der Waals surface area contributed by atoms with Crippen molar-refractivity contribution < 1.29 is 31.9 Å². The number of likely N-dealkylation sites (tertiary alicyclic amines) is 1. The van der Waals surface area contributed by atoms with E-state index >= 15 is 0 Å². The number of methoxy groups -OCH3 is 1. The number of nitrogens with two attached hydrogens (primary N) is 1. The lowest BCUT2D eigenvalue weighted by molar-refractivity contribution is -0.132. The number of benzene rings is 1. The SMILES string of the molecule is COc1c(N2CCOCC2=O)cc(F)cc1S(=O)(=O)N[C@@H](CN)C(=O)N1CCCCCC1. The van der Waals surface area contributed by atoms with Gasteiger partial charge in [-0.3, -0.25) is 9.59 Å². The minimum Gasteiger partial charge on any atom is -0.493 e. The molecular formula is C20H29FN4O6S. The molecule has 1 aromatic carbocycles. The van der Waals surface area contributed by atoms with E-state index in [9.17, 15) is 22.4 Å². The molecule has 0 saturated carbocycles. The summed E-state index contributed by atoms with van der Waals surface area (Å²) in [5, 5.41) is 0. The Kier molecular flexibility index (Phi) is 8.04. The van der Waals surface area contributed by atoms with Crippen LogP contribution in [-0.2, 0) is 24.3 Å². The van der Waals surface area contributed by atoms with Gasteiger partial charge in [0.15, 0.2) is 5.75 Å². The first-order valence-electron chi connectivity index (χ1n) is 10.6. The molecular weight excluding hydrogens is 443 g/mol. The number of morpholine rings is 1. The highest BCUT2D eigenvalue weighted by atomic mass is 32.2. The van der Waals surface area contributed by atoms with Crippen molar-refractivity contribution in [2.75, 3.05) is 51.4 Å². The first-order valence-corrected chi connectivity index (χ1v) is 12.0. The van der Waals surface area contributed by atoms with Crippen molar-refractivity contribution in [2.24, 2.45) is 5.73 Å². The molecule has 3 rings (SSSR count). The topological polar surface area (TPSA) is 131 Å². The van der Waals surface area contributed by atoms with Gasteiger partial charge in [0, 0.05) is 32.2 Å². The fourth-order valence-corrected chi connectivity index (χ4v) is 5.29. The number of carbonyl (C=O) groups is 2. The van der Waals surface area contributed by atoms with Crippen LogP contribution in [0.4, 0.5) is 10.1 Å². The van der Waals surface area contributed by atoms with Gasteiger partial charge in [-0.25, -0.2) is 12.8 Å². The van der Waals surface area contributed by atoms with Crippen LogP contribution in [-0.4, -0.2) is 77.7 Å². The summed E-state index contributed by atoms with van der Waals surface area (Å²) in [6.45, 7) is 0.920. The summed E-state index contributed by atoms with van der Waals surface area (Å²) in [6, 6.07) is 0.614. The van der Waals surface area contributed by atoms with Gasteiger partial charge in [-0.15, -0.1) is 0 Å². The van der Waals surface area contributed by atoms with Gasteiger partial charge in [0.05, 0.1) is 19.4 Å². The number of nitrogens with zero attached hydrogens (tertiary/aromatic N) is 2. The van der Waals surface area contributed by atoms with Gasteiger partial charge in [0.25, 0.3) is 5.91 Å². The zero-order valence-corrected chi connectivity index (χ0v) is 18.8. The lowest BCUT2D eigenvalue weighted by atomic mass is 10.2. The molecule has 1 atom stereocenters. The Morgan fingerprint density at radius 2 is 1.94 bits per heavy atom. The van der Waals surface area contributed by atoms with Crippen LogP contribution in [0.25, 0.3) is 0 Å². The molecule has 2 heterocycles. The van der Waals surface area contributed by atoms with Crippen molar-refractivity contribution in [3.8, 4) is 5.75 Å². The third-order valence-electron chi connectivity index (χ3n) is 5.52. The number of anilines is 1. The predicted molar refractivity (Wildman–Crippen MR) is 114 cm³/mol. The molecule has 178 valence electrons.